The number of nitrogens with zero attached hydrogens (tertiary/aromatic N) is 1. The van der Waals surface area contributed by atoms with Crippen LogP contribution in [0.15, 0.2) is 41.4 Å². The Morgan fingerprint density at radius 3 is 2.48 bits per heavy atom. The summed E-state index contributed by atoms with van der Waals surface area (Å²) in [5, 5.41) is 3.19. The Balaban J connectivity index is 1.93. The number of carbonyl (C=O) groups is 1. The van der Waals surface area contributed by atoms with E-state index in [1.807, 2.05) is 0 Å². The summed E-state index contributed by atoms with van der Waals surface area (Å²) in [6.07, 6.45) is 1.03. The highest BCUT2D eigenvalue weighted by atomic mass is 35.5. The lowest BCUT2D eigenvalue weighted by Crippen LogP contribution is -2.15. The quantitative estimate of drug-likeness (QED) is 0.373. The molecule has 0 aliphatic heterocycles. The summed E-state index contributed by atoms with van der Waals surface area (Å²) in [5.74, 6) is -2.85. The van der Waals surface area contributed by atoms with Gasteiger partial charge < -0.3 is 5.32 Å². The molecule has 0 atom stereocenters. The lowest BCUT2D eigenvalue weighted by Gasteiger charge is -2.10. The molecule has 2 aromatic carbocycles. The standard InChI is InChI=1S/C17H10Cl2F2N2O3S/c18-12-7-14(21)13(20)3-8(12)4-16(24)23-9-5-11-10(1-2-22-17(11)19)15(6-9)27(25)26/h1-3,5-7,27H,4H2,(H,23,24). The van der Waals surface area contributed by atoms with Crippen molar-refractivity contribution in [1.29, 1.82) is 0 Å². The van der Waals surface area contributed by atoms with Crippen LogP contribution in [0.2, 0.25) is 10.2 Å². The second kappa shape index (κ2) is 7.75. The van der Waals surface area contributed by atoms with Crippen LogP contribution in [0, 0.1) is 11.6 Å². The Morgan fingerprint density at radius 1 is 1.07 bits per heavy atom. The van der Waals surface area contributed by atoms with Gasteiger partial charge in [0, 0.05) is 27.7 Å². The van der Waals surface area contributed by atoms with E-state index in [-0.39, 0.29) is 32.7 Å². The molecule has 3 aromatic rings. The molecule has 0 unspecified atom stereocenters. The average molecular weight is 431 g/mol. The van der Waals surface area contributed by atoms with Crippen molar-refractivity contribution in [1.82, 2.24) is 4.98 Å². The number of nitrogens with one attached hydrogen (secondary N) is 1. The van der Waals surface area contributed by atoms with Gasteiger partial charge >= 0.3 is 0 Å². The number of halogens is 4. The second-order valence-electron chi connectivity index (χ2n) is 5.53. The van der Waals surface area contributed by atoms with Crippen LogP contribution in [0.5, 0.6) is 0 Å². The number of pyridine rings is 1. The molecule has 1 aromatic heterocycles. The zero-order valence-corrected chi connectivity index (χ0v) is 15.7. The van der Waals surface area contributed by atoms with E-state index in [0.717, 1.165) is 12.1 Å². The van der Waals surface area contributed by atoms with Crippen LogP contribution >= 0.6 is 23.2 Å². The largest absolute Gasteiger partial charge is 0.326 e. The fourth-order valence-corrected chi connectivity index (χ4v) is 3.60. The molecule has 0 aliphatic rings. The van der Waals surface area contributed by atoms with E-state index in [0.29, 0.717) is 10.8 Å². The molecular formula is C17H10Cl2F2N2O3S. The summed E-state index contributed by atoms with van der Waals surface area (Å²) in [7, 11) is -2.96. The first-order valence-electron chi connectivity index (χ1n) is 7.42. The Hall–Kier alpha value is -2.29. The second-order valence-corrected chi connectivity index (χ2v) is 7.29. The van der Waals surface area contributed by atoms with Crippen LogP contribution in [0.25, 0.3) is 10.8 Å². The van der Waals surface area contributed by atoms with Gasteiger partial charge in [0.25, 0.3) is 0 Å². The molecule has 0 saturated carbocycles. The maximum Gasteiger partial charge on any atom is 0.228 e. The van der Waals surface area contributed by atoms with E-state index in [1.165, 1.54) is 24.4 Å². The third-order valence-electron chi connectivity index (χ3n) is 3.73. The maximum atomic E-state index is 13.3. The molecule has 0 fully saturated rings. The van der Waals surface area contributed by atoms with Crippen molar-refractivity contribution in [3.63, 3.8) is 0 Å². The molecule has 1 N–H and O–H groups in total. The van der Waals surface area contributed by atoms with Crippen molar-refractivity contribution in [3.8, 4) is 0 Å². The van der Waals surface area contributed by atoms with E-state index in [9.17, 15) is 22.0 Å². The van der Waals surface area contributed by atoms with E-state index < -0.39 is 28.2 Å². The number of thiol groups is 1. The third-order valence-corrected chi connectivity index (χ3v) is 5.15. The van der Waals surface area contributed by atoms with E-state index in [4.69, 9.17) is 23.2 Å². The molecule has 1 heterocycles. The Bertz CT molecular complexity index is 1140. The van der Waals surface area contributed by atoms with Crippen LogP contribution in [0.3, 0.4) is 0 Å². The Kier molecular flexibility index (Phi) is 5.59. The molecule has 0 radical (unpaired) electrons. The fourth-order valence-electron chi connectivity index (χ4n) is 2.53. The minimum atomic E-state index is -2.96. The van der Waals surface area contributed by atoms with Crippen LogP contribution in [0.4, 0.5) is 14.5 Å². The van der Waals surface area contributed by atoms with Gasteiger partial charge in [0.1, 0.15) is 5.15 Å². The summed E-state index contributed by atoms with van der Waals surface area (Å²) in [4.78, 5) is 16.1. The van der Waals surface area contributed by atoms with E-state index in [2.05, 4.69) is 10.3 Å². The van der Waals surface area contributed by atoms with Crippen LogP contribution in [-0.4, -0.2) is 19.3 Å². The number of amides is 1. The third kappa shape index (κ3) is 4.18. The highest BCUT2D eigenvalue weighted by Crippen LogP contribution is 2.29. The minimum absolute atomic E-state index is 0.0343. The molecule has 0 bridgehead atoms. The molecule has 3 rings (SSSR count). The minimum Gasteiger partial charge on any atom is -0.326 e. The summed E-state index contributed by atoms with van der Waals surface area (Å²) in [5.41, 5.74) is 0.249. The molecule has 10 heteroatoms. The molecule has 0 saturated heterocycles. The van der Waals surface area contributed by atoms with Crippen molar-refractivity contribution in [3.05, 3.63) is 63.9 Å². The van der Waals surface area contributed by atoms with Crippen LogP contribution < -0.4 is 5.32 Å². The lowest BCUT2D eigenvalue weighted by atomic mass is 10.1. The predicted octanol–water partition coefficient (Wildman–Crippen LogP) is 3.97. The molecule has 0 spiro atoms. The first-order valence-corrected chi connectivity index (χ1v) is 9.35. The highest BCUT2D eigenvalue weighted by Gasteiger charge is 2.14. The van der Waals surface area contributed by atoms with Gasteiger partial charge in [0.2, 0.25) is 5.91 Å². The number of carbonyl (C=O) groups excluding carboxylic acids is 1. The fraction of sp³-hybridized carbons (Fsp3) is 0.0588. The van der Waals surface area contributed by atoms with Crippen LogP contribution in [0.1, 0.15) is 5.56 Å². The smallest absolute Gasteiger partial charge is 0.228 e. The number of hydrogen-bond acceptors (Lipinski definition) is 4. The Morgan fingerprint density at radius 2 is 1.78 bits per heavy atom. The van der Waals surface area contributed by atoms with Gasteiger partial charge in [0.15, 0.2) is 22.3 Å². The molecule has 27 heavy (non-hydrogen) atoms. The number of aromatic nitrogens is 1. The predicted molar refractivity (Wildman–Crippen MR) is 99.0 cm³/mol. The number of benzene rings is 2. The molecular weight excluding hydrogens is 421 g/mol. The normalized spacial score (nSPS) is 11.1. The van der Waals surface area contributed by atoms with Gasteiger partial charge in [-0.3, -0.25) is 4.79 Å². The van der Waals surface area contributed by atoms with Gasteiger partial charge in [-0.1, -0.05) is 23.2 Å². The zero-order valence-electron chi connectivity index (χ0n) is 13.3. The molecule has 5 nitrogen and oxygen atoms in total. The van der Waals surface area contributed by atoms with E-state index in [1.54, 1.807) is 0 Å². The monoisotopic (exact) mass is 430 g/mol. The van der Waals surface area contributed by atoms with Crippen LogP contribution in [-0.2, 0) is 21.9 Å². The average Bonchev–Trinajstić information content (AvgIpc) is 2.59. The van der Waals surface area contributed by atoms with E-state index >= 15 is 0 Å². The van der Waals surface area contributed by atoms with Crippen molar-refractivity contribution < 1.29 is 22.0 Å². The zero-order chi connectivity index (χ0) is 19.7. The molecule has 140 valence electrons. The lowest BCUT2D eigenvalue weighted by molar-refractivity contribution is -0.115. The van der Waals surface area contributed by atoms with Gasteiger partial charge in [-0.15, -0.1) is 0 Å². The summed E-state index contributed by atoms with van der Waals surface area (Å²) in [6, 6.07) is 5.85. The molecule has 0 aliphatic carbocycles. The first kappa shape index (κ1) is 19.5. The molecule has 1 amide bonds. The van der Waals surface area contributed by atoms with Crippen molar-refractivity contribution in [2.75, 3.05) is 5.32 Å². The van der Waals surface area contributed by atoms with Gasteiger partial charge in [-0.05, 0) is 35.9 Å². The first-order chi connectivity index (χ1) is 12.8. The van der Waals surface area contributed by atoms with Gasteiger partial charge in [-0.25, -0.2) is 22.2 Å². The summed E-state index contributed by atoms with van der Waals surface area (Å²) >= 11 is 11.8. The summed E-state index contributed by atoms with van der Waals surface area (Å²) in [6.45, 7) is 0. The number of hydrogen-bond donors (Lipinski definition) is 2. The SMILES string of the molecule is O=C(Cc1cc(F)c(F)cc1Cl)Nc1cc([SH](=O)=O)c2ccnc(Cl)c2c1. The highest BCUT2D eigenvalue weighted by molar-refractivity contribution is 7.72. The van der Waals surface area contributed by atoms with Crippen molar-refractivity contribution in [2.24, 2.45) is 0 Å². The van der Waals surface area contributed by atoms with Crippen molar-refractivity contribution in [2.45, 2.75) is 11.3 Å². The van der Waals surface area contributed by atoms with Gasteiger partial charge in [0.05, 0.1) is 11.3 Å². The number of fused-ring (bicyclic) bond motifs is 1. The maximum absolute atomic E-state index is 13.3. The Labute approximate surface area is 163 Å². The van der Waals surface area contributed by atoms with Gasteiger partial charge in [-0.2, -0.15) is 0 Å². The number of rotatable bonds is 4. The van der Waals surface area contributed by atoms with Crippen molar-refractivity contribution >= 4 is 56.3 Å². The number of anilines is 1. The summed E-state index contributed by atoms with van der Waals surface area (Å²) < 4.78 is 49.5. The topological polar surface area (TPSA) is 76.1 Å².